The Morgan fingerprint density at radius 1 is 0.868 bits per heavy atom. The summed E-state index contributed by atoms with van der Waals surface area (Å²) < 4.78 is 38.7. The van der Waals surface area contributed by atoms with E-state index < -0.39 is 17.7 Å². The van der Waals surface area contributed by atoms with Gasteiger partial charge in [0.05, 0.1) is 12.0 Å². The van der Waals surface area contributed by atoms with Gasteiger partial charge < -0.3 is 10.4 Å². The molecule has 0 heterocycles. The average molecular weight is 526 g/mol. The summed E-state index contributed by atoms with van der Waals surface area (Å²) in [4.78, 5) is 22.6. The van der Waals surface area contributed by atoms with Crippen molar-refractivity contribution in [3.63, 3.8) is 0 Å². The summed E-state index contributed by atoms with van der Waals surface area (Å²) in [5, 5.41) is 11.3. The number of benzene rings is 3. The maximum Gasteiger partial charge on any atom is 0.416 e. The second kappa shape index (κ2) is 12.8. The van der Waals surface area contributed by atoms with Gasteiger partial charge in [-0.15, -0.1) is 0 Å². The molecule has 0 saturated carbocycles. The van der Waals surface area contributed by atoms with Gasteiger partial charge in [0.1, 0.15) is 0 Å². The lowest BCUT2D eigenvalue weighted by Gasteiger charge is -2.16. The summed E-state index contributed by atoms with van der Waals surface area (Å²) >= 11 is 0. The number of aryl methyl sites for hydroxylation is 4. The van der Waals surface area contributed by atoms with Crippen molar-refractivity contribution >= 4 is 11.9 Å². The van der Waals surface area contributed by atoms with Gasteiger partial charge in [-0.2, -0.15) is 13.2 Å². The number of rotatable bonds is 11. The highest BCUT2D eigenvalue weighted by atomic mass is 19.4. The SMILES string of the molecule is Cc1cc(CCC(C)CCc2ccc(C(=O)NCCC(=O)O)cc2)cc(C)c1-c1ccc(C(F)(F)F)cc1. The third kappa shape index (κ3) is 8.20. The number of carboxylic acids is 1. The zero-order valence-electron chi connectivity index (χ0n) is 22.0. The summed E-state index contributed by atoms with van der Waals surface area (Å²) in [6.45, 7) is 6.33. The first-order valence-corrected chi connectivity index (χ1v) is 12.8. The second-order valence-corrected chi connectivity index (χ2v) is 9.96. The minimum Gasteiger partial charge on any atom is -0.481 e. The maximum atomic E-state index is 12.9. The van der Waals surface area contributed by atoms with E-state index in [9.17, 15) is 22.8 Å². The first kappa shape index (κ1) is 29.0. The summed E-state index contributed by atoms with van der Waals surface area (Å²) in [6, 6.07) is 17.0. The molecule has 0 aliphatic carbocycles. The number of nitrogens with one attached hydrogen (secondary N) is 1. The second-order valence-electron chi connectivity index (χ2n) is 9.96. The van der Waals surface area contributed by atoms with Crippen LogP contribution in [0.2, 0.25) is 0 Å². The highest BCUT2D eigenvalue weighted by Crippen LogP contribution is 2.33. The topological polar surface area (TPSA) is 66.4 Å². The molecule has 0 radical (unpaired) electrons. The van der Waals surface area contributed by atoms with Gasteiger partial charge in [-0.3, -0.25) is 9.59 Å². The van der Waals surface area contributed by atoms with E-state index in [0.29, 0.717) is 11.5 Å². The third-order valence-electron chi connectivity index (χ3n) is 6.79. The molecule has 3 rings (SSSR count). The maximum absolute atomic E-state index is 12.9. The summed E-state index contributed by atoms with van der Waals surface area (Å²) in [5.41, 5.74) is 6.12. The van der Waals surface area contributed by atoms with Crippen LogP contribution in [0.3, 0.4) is 0 Å². The molecule has 1 atom stereocenters. The minimum atomic E-state index is -4.34. The van der Waals surface area contributed by atoms with Crippen LogP contribution in [0.25, 0.3) is 11.1 Å². The minimum absolute atomic E-state index is 0.101. The van der Waals surface area contributed by atoms with E-state index in [4.69, 9.17) is 5.11 Å². The van der Waals surface area contributed by atoms with Crippen LogP contribution in [0.15, 0.2) is 60.7 Å². The predicted octanol–water partition coefficient (Wildman–Crippen LogP) is 7.40. The number of carbonyl (C=O) groups is 2. The molecule has 3 aromatic rings. The van der Waals surface area contributed by atoms with Crippen molar-refractivity contribution in [2.45, 2.75) is 59.1 Å². The van der Waals surface area contributed by atoms with E-state index in [1.54, 1.807) is 24.3 Å². The molecule has 0 saturated heterocycles. The third-order valence-corrected chi connectivity index (χ3v) is 6.79. The fraction of sp³-hybridized carbons (Fsp3) is 0.355. The predicted molar refractivity (Wildman–Crippen MR) is 143 cm³/mol. The van der Waals surface area contributed by atoms with Gasteiger partial charge in [0.15, 0.2) is 0 Å². The summed E-state index contributed by atoms with van der Waals surface area (Å²) in [7, 11) is 0. The molecule has 38 heavy (non-hydrogen) atoms. The van der Waals surface area contributed by atoms with Crippen LogP contribution in [-0.2, 0) is 23.8 Å². The van der Waals surface area contributed by atoms with Gasteiger partial charge in [0.25, 0.3) is 5.91 Å². The number of carbonyl (C=O) groups excluding carboxylic acids is 1. The molecule has 202 valence electrons. The fourth-order valence-corrected chi connectivity index (χ4v) is 4.66. The highest BCUT2D eigenvalue weighted by molar-refractivity contribution is 5.94. The van der Waals surface area contributed by atoms with Gasteiger partial charge in [0, 0.05) is 12.1 Å². The van der Waals surface area contributed by atoms with Crippen LogP contribution >= 0.6 is 0 Å². The van der Waals surface area contributed by atoms with E-state index in [0.717, 1.165) is 65.6 Å². The van der Waals surface area contributed by atoms with Crippen LogP contribution < -0.4 is 5.32 Å². The van der Waals surface area contributed by atoms with Gasteiger partial charge in [-0.25, -0.2) is 0 Å². The van der Waals surface area contributed by atoms with Crippen LogP contribution in [0.1, 0.15) is 64.4 Å². The molecule has 7 heteroatoms. The smallest absolute Gasteiger partial charge is 0.416 e. The lowest BCUT2D eigenvalue weighted by molar-refractivity contribution is -0.138. The molecule has 4 nitrogen and oxygen atoms in total. The molecule has 1 amide bonds. The number of aliphatic carboxylic acids is 1. The zero-order valence-corrected chi connectivity index (χ0v) is 22.0. The van der Waals surface area contributed by atoms with Crippen molar-refractivity contribution in [2.24, 2.45) is 5.92 Å². The van der Waals surface area contributed by atoms with E-state index >= 15 is 0 Å². The molecule has 1 unspecified atom stereocenters. The largest absolute Gasteiger partial charge is 0.481 e. The number of amides is 1. The normalized spacial score (nSPS) is 12.3. The number of carboxylic acid groups (broad SMARTS) is 1. The number of alkyl halides is 3. The van der Waals surface area contributed by atoms with Crippen LogP contribution in [0, 0.1) is 19.8 Å². The first-order chi connectivity index (χ1) is 17.9. The quantitative estimate of drug-likeness (QED) is 0.274. The van der Waals surface area contributed by atoms with Gasteiger partial charge >= 0.3 is 12.1 Å². The molecule has 0 fully saturated rings. The first-order valence-electron chi connectivity index (χ1n) is 12.8. The van der Waals surface area contributed by atoms with Crippen molar-refractivity contribution < 1.29 is 27.9 Å². The van der Waals surface area contributed by atoms with E-state index in [-0.39, 0.29) is 18.9 Å². The van der Waals surface area contributed by atoms with E-state index in [2.05, 4.69) is 24.4 Å². The van der Waals surface area contributed by atoms with Crippen LogP contribution in [0.4, 0.5) is 13.2 Å². The summed E-state index contributed by atoms with van der Waals surface area (Å²) in [5.74, 6) is -0.736. The average Bonchev–Trinajstić information content (AvgIpc) is 2.85. The standard InChI is InChI=1S/C31H34F3NO3/c1-20(4-6-23-8-10-26(11-9-23)30(38)35-17-16-28(36)37)5-7-24-18-21(2)29(22(3)19-24)25-12-14-27(15-13-25)31(32,33)34/h8-15,18-20H,4-7,16-17H2,1-3H3,(H,35,38)(H,36,37). The Balaban J connectivity index is 1.51. The number of hydrogen-bond donors (Lipinski definition) is 2. The molecule has 0 bridgehead atoms. The van der Waals surface area contributed by atoms with Gasteiger partial charge in [0.2, 0.25) is 0 Å². The number of hydrogen-bond acceptors (Lipinski definition) is 2. The Morgan fingerprint density at radius 3 is 1.95 bits per heavy atom. The lowest BCUT2D eigenvalue weighted by atomic mass is 9.90. The van der Waals surface area contributed by atoms with E-state index in [1.807, 2.05) is 26.0 Å². The molecule has 0 spiro atoms. The molecular weight excluding hydrogens is 491 g/mol. The Bertz CT molecular complexity index is 1230. The van der Waals surface area contributed by atoms with Crippen molar-refractivity contribution in [1.82, 2.24) is 5.32 Å². The van der Waals surface area contributed by atoms with Crippen molar-refractivity contribution in [2.75, 3.05) is 6.54 Å². The Hall–Kier alpha value is -3.61. The highest BCUT2D eigenvalue weighted by Gasteiger charge is 2.30. The molecule has 0 aliphatic rings. The zero-order chi connectivity index (χ0) is 27.9. The summed E-state index contributed by atoms with van der Waals surface area (Å²) in [6.07, 6.45) is -0.606. The van der Waals surface area contributed by atoms with Crippen molar-refractivity contribution in [1.29, 1.82) is 0 Å². The molecule has 2 N–H and O–H groups in total. The van der Waals surface area contributed by atoms with E-state index in [1.165, 1.54) is 5.56 Å². The monoisotopic (exact) mass is 525 g/mol. The lowest BCUT2D eigenvalue weighted by Crippen LogP contribution is -2.25. The molecular formula is C31H34F3NO3. The molecule has 0 aliphatic heterocycles. The van der Waals surface area contributed by atoms with Crippen LogP contribution in [0.5, 0.6) is 0 Å². The Kier molecular flexibility index (Phi) is 9.72. The van der Waals surface area contributed by atoms with Crippen LogP contribution in [-0.4, -0.2) is 23.5 Å². The van der Waals surface area contributed by atoms with Gasteiger partial charge in [-0.1, -0.05) is 43.3 Å². The Labute approximate surface area is 221 Å². The van der Waals surface area contributed by atoms with Crippen molar-refractivity contribution in [3.05, 3.63) is 94.0 Å². The van der Waals surface area contributed by atoms with Gasteiger partial charge in [-0.05, 0) is 103 Å². The number of halogens is 3. The molecule has 3 aromatic carbocycles. The Morgan fingerprint density at radius 2 is 1.42 bits per heavy atom. The fourth-order valence-electron chi connectivity index (χ4n) is 4.66. The van der Waals surface area contributed by atoms with Crippen molar-refractivity contribution in [3.8, 4) is 11.1 Å². The molecule has 0 aromatic heterocycles.